The Morgan fingerprint density at radius 1 is 1.19 bits per heavy atom. The topological polar surface area (TPSA) is 30.0 Å². The van der Waals surface area contributed by atoms with Gasteiger partial charge in [0.05, 0.1) is 0 Å². The lowest BCUT2D eigenvalue weighted by atomic mass is 10.0. The summed E-state index contributed by atoms with van der Waals surface area (Å²) in [6.07, 6.45) is 3.85. The van der Waals surface area contributed by atoms with Gasteiger partial charge in [-0.15, -0.1) is 0 Å². The Balaban J connectivity index is 2.12. The summed E-state index contributed by atoms with van der Waals surface area (Å²) < 4.78 is 0. The number of carbonyl (C=O) groups excluding carboxylic acids is 1. The van der Waals surface area contributed by atoms with E-state index in [1.54, 1.807) is 12.4 Å². The van der Waals surface area contributed by atoms with Gasteiger partial charge in [0.2, 0.25) is 0 Å². The standard InChI is InChI=1S/C14H13NO/c1-11-4-6-13(7-5-11)14(16)9-12-3-2-8-15-10-12/h2-8,10H,9H2,1H3. The fourth-order valence-electron chi connectivity index (χ4n) is 1.53. The van der Waals surface area contributed by atoms with Crippen LogP contribution < -0.4 is 0 Å². The van der Waals surface area contributed by atoms with E-state index in [1.165, 1.54) is 0 Å². The highest BCUT2D eigenvalue weighted by atomic mass is 16.1. The Morgan fingerprint density at radius 2 is 1.94 bits per heavy atom. The second kappa shape index (κ2) is 4.71. The van der Waals surface area contributed by atoms with Gasteiger partial charge in [-0.3, -0.25) is 9.78 Å². The van der Waals surface area contributed by atoms with Gasteiger partial charge in [-0.1, -0.05) is 35.9 Å². The molecule has 0 fully saturated rings. The van der Waals surface area contributed by atoms with Crippen molar-refractivity contribution in [3.05, 3.63) is 65.5 Å². The fraction of sp³-hybridized carbons (Fsp3) is 0.143. The summed E-state index contributed by atoms with van der Waals surface area (Å²) in [5.41, 5.74) is 2.88. The third-order valence-corrected chi connectivity index (χ3v) is 2.46. The van der Waals surface area contributed by atoms with Gasteiger partial charge in [0.25, 0.3) is 0 Å². The average molecular weight is 211 g/mol. The lowest BCUT2D eigenvalue weighted by Gasteiger charge is -2.01. The molecule has 0 N–H and O–H groups in total. The molecule has 0 aliphatic heterocycles. The van der Waals surface area contributed by atoms with Crippen molar-refractivity contribution >= 4 is 5.78 Å². The first-order valence-electron chi connectivity index (χ1n) is 5.24. The number of carbonyl (C=O) groups is 1. The maximum absolute atomic E-state index is 11.9. The summed E-state index contributed by atoms with van der Waals surface area (Å²) in [7, 11) is 0. The van der Waals surface area contributed by atoms with E-state index in [0.717, 1.165) is 16.7 Å². The molecule has 0 spiro atoms. The summed E-state index contributed by atoms with van der Waals surface area (Å²) >= 11 is 0. The summed E-state index contributed by atoms with van der Waals surface area (Å²) in [6, 6.07) is 11.4. The molecule has 0 aliphatic rings. The second-order valence-electron chi connectivity index (χ2n) is 3.83. The summed E-state index contributed by atoms with van der Waals surface area (Å²) in [4.78, 5) is 15.9. The molecule has 0 amide bonds. The van der Waals surface area contributed by atoms with Crippen molar-refractivity contribution in [2.45, 2.75) is 13.3 Å². The second-order valence-corrected chi connectivity index (χ2v) is 3.83. The van der Waals surface area contributed by atoms with Crippen LogP contribution in [0.25, 0.3) is 0 Å². The summed E-state index contributed by atoms with van der Waals surface area (Å²) in [6.45, 7) is 2.01. The number of nitrogens with zero attached hydrogens (tertiary/aromatic N) is 1. The van der Waals surface area contributed by atoms with E-state index in [4.69, 9.17) is 0 Å². The number of hydrogen-bond acceptors (Lipinski definition) is 2. The predicted molar refractivity (Wildman–Crippen MR) is 63.5 cm³/mol. The molecule has 1 aromatic carbocycles. The van der Waals surface area contributed by atoms with Gasteiger partial charge in [0, 0.05) is 24.4 Å². The number of aryl methyl sites for hydroxylation is 1. The molecule has 0 aliphatic carbocycles. The normalized spacial score (nSPS) is 10.1. The van der Waals surface area contributed by atoms with Crippen molar-refractivity contribution < 1.29 is 4.79 Å². The zero-order valence-electron chi connectivity index (χ0n) is 9.18. The highest BCUT2D eigenvalue weighted by Gasteiger charge is 2.06. The quantitative estimate of drug-likeness (QED) is 0.731. The molecule has 0 radical (unpaired) electrons. The van der Waals surface area contributed by atoms with E-state index >= 15 is 0 Å². The fourth-order valence-corrected chi connectivity index (χ4v) is 1.53. The zero-order chi connectivity index (χ0) is 11.4. The molecule has 16 heavy (non-hydrogen) atoms. The van der Waals surface area contributed by atoms with E-state index in [9.17, 15) is 4.79 Å². The number of benzene rings is 1. The van der Waals surface area contributed by atoms with Crippen LogP contribution in [-0.4, -0.2) is 10.8 Å². The molecule has 2 nitrogen and oxygen atoms in total. The molecule has 0 saturated heterocycles. The molecule has 2 aromatic rings. The van der Waals surface area contributed by atoms with Crippen molar-refractivity contribution in [2.75, 3.05) is 0 Å². The Morgan fingerprint density at radius 3 is 2.56 bits per heavy atom. The molecule has 0 bridgehead atoms. The van der Waals surface area contributed by atoms with Crippen molar-refractivity contribution in [1.82, 2.24) is 4.98 Å². The number of aromatic nitrogens is 1. The maximum atomic E-state index is 11.9. The third kappa shape index (κ3) is 2.54. The van der Waals surface area contributed by atoms with Crippen LogP contribution in [0.5, 0.6) is 0 Å². The van der Waals surface area contributed by atoms with Gasteiger partial charge in [0.1, 0.15) is 0 Å². The molecule has 80 valence electrons. The summed E-state index contributed by atoms with van der Waals surface area (Å²) in [5.74, 6) is 0.132. The van der Waals surface area contributed by atoms with Crippen molar-refractivity contribution in [1.29, 1.82) is 0 Å². The highest BCUT2D eigenvalue weighted by Crippen LogP contribution is 2.08. The van der Waals surface area contributed by atoms with Gasteiger partial charge >= 0.3 is 0 Å². The van der Waals surface area contributed by atoms with Crippen molar-refractivity contribution in [3.63, 3.8) is 0 Å². The molecule has 0 atom stereocenters. The van der Waals surface area contributed by atoms with Crippen LogP contribution in [0, 0.1) is 6.92 Å². The monoisotopic (exact) mass is 211 g/mol. The average Bonchev–Trinajstić information content (AvgIpc) is 2.31. The number of rotatable bonds is 3. The minimum absolute atomic E-state index is 0.132. The van der Waals surface area contributed by atoms with Crippen LogP contribution in [0.15, 0.2) is 48.8 Å². The molecule has 0 unspecified atom stereocenters. The number of pyridine rings is 1. The molecule has 1 heterocycles. The zero-order valence-corrected chi connectivity index (χ0v) is 9.18. The van der Waals surface area contributed by atoms with E-state index in [-0.39, 0.29) is 5.78 Å². The van der Waals surface area contributed by atoms with Crippen LogP contribution in [0.3, 0.4) is 0 Å². The first kappa shape index (κ1) is 10.6. The van der Waals surface area contributed by atoms with E-state index in [1.807, 2.05) is 43.3 Å². The van der Waals surface area contributed by atoms with Crippen molar-refractivity contribution in [3.8, 4) is 0 Å². The maximum Gasteiger partial charge on any atom is 0.167 e. The van der Waals surface area contributed by atoms with Gasteiger partial charge in [-0.25, -0.2) is 0 Å². The number of ketones is 1. The lowest BCUT2D eigenvalue weighted by molar-refractivity contribution is 0.0993. The first-order chi connectivity index (χ1) is 7.75. The molecule has 2 heteroatoms. The SMILES string of the molecule is Cc1ccc(C(=O)Cc2cccnc2)cc1. The third-order valence-electron chi connectivity index (χ3n) is 2.46. The van der Waals surface area contributed by atoms with E-state index < -0.39 is 0 Å². The Hall–Kier alpha value is -1.96. The van der Waals surface area contributed by atoms with Crippen LogP contribution in [0.2, 0.25) is 0 Å². The molecular weight excluding hydrogens is 198 g/mol. The predicted octanol–water partition coefficient (Wildman–Crippen LogP) is 2.82. The molecule has 0 saturated carbocycles. The van der Waals surface area contributed by atoms with Gasteiger partial charge in [-0.2, -0.15) is 0 Å². The number of hydrogen-bond donors (Lipinski definition) is 0. The van der Waals surface area contributed by atoms with Crippen LogP contribution in [0.4, 0.5) is 0 Å². The molecule has 1 aromatic heterocycles. The van der Waals surface area contributed by atoms with E-state index in [0.29, 0.717) is 6.42 Å². The number of Topliss-reactive ketones (excluding diaryl/α,β-unsaturated/α-hetero) is 1. The Bertz CT molecular complexity index is 474. The van der Waals surface area contributed by atoms with E-state index in [2.05, 4.69) is 4.98 Å². The van der Waals surface area contributed by atoms with Gasteiger partial charge in [-0.05, 0) is 18.6 Å². The molecule has 2 rings (SSSR count). The van der Waals surface area contributed by atoms with Crippen LogP contribution in [-0.2, 0) is 6.42 Å². The summed E-state index contributed by atoms with van der Waals surface area (Å²) in [5, 5.41) is 0. The lowest BCUT2D eigenvalue weighted by Crippen LogP contribution is -2.03. The molecular formula is C14H13NO. The minimum atomic E-state index is 0.132. The largest absolute Gasteiger partial charge is 0.294 e. The first-order valence-corrected chi connectivity index (χ1v) is 5.24. The van der Waals surface area contributed by atoms with Crippen LogP contribution >= 0.6 is 0 Å². The highest BCUT2D eigenvalue weighted by molar-refractivity contribution is 5.97. The van der Waals surface area contributed by atoms with Crippen LogP contribution in [0.1, 0.15) is 21.5 Å². The van der Waals surface area contributed by atoms with Gasteiger partial charge in [0.15, 0.2) is 5.78 Å². The Labute approximate surface area is 95.0 Å². The van der Waals surface area contributed by atoms with Crippen molar-refractivity contribution in [2.24, 2.45) is 0 Å². The van der Waals surface area contributed by atoms with Gasteiger partial charge < -0.3 is 0 Å². The Kier molecular flexibility index (Phi) is 3.10. The minimum Gasteiger partial charge on any atom is -0.294 e. The smallest absolute Gasteiger partial charge is 0.167 e.